The number of fused-ring (bicyclic) bond motifs is 2. The molecule has 3 aromatic heterocycles. The van der Waals surface area contributed by atoms with Gasteiger partial charge in [-0.25, -0.2) is 9.88 Å². The van der Waals surface area contributed by atoms with Crippen LogP contribution >= 0.6 is 0 Å². The molecule has 7 heterocycles. The lowest BCUT2D eigenvalue weighted by Gasteiger charge is -2.37. The van der Waals surface area contributed by atoms with E-state index in [0.29, 0.717) is 61.5 Å². The molecule has 5 aromatic carbocycles. The number of carbonyl (C=O) groups is 4. The van der Waals surface area contributed by atoms with E-state index in [0.717, 1.165) is 128 Å². The second-order valence-electron chi connectivity index (χ2n) is 18.1. The molecule has 2 saturated heterocycles. The molecule has 11 heteroatoms. The Labute approximate surface area is 368 Å². The molecular weight excluding hydrogens is 799 g/mol. The highest BCUT2D eigenvalue weighted by Gasteiger charge is 2.42. The highest BCUT2D eigenvalue weighted by molar-refractivity contribution is 6.46. The van der Waals surface area contributed by atoms with Crippen LogP contribution in [0.5, 0.6) is 0 Å². The summed E-state index contributed by atoms with van der Waals surface area (Å²) in [7, 11) is 0. The molecule has 1 saturated carbocycles. The van der Waals surface area contributed by atoms with Gasteiger partial charge in [0.05, 0.1) is 39.6 Å². The van der Waals surface area contributed by atoms with Crippen LogP contribution in [0.4, 0.5) is 17.1 Å². The summed E-state index contributed by atoms with van der Waals surface area (Å²) in [6.07, 6.45) is 12.3. The Bertz CT molecular complexity index is 3260. The van der Waals surface area contributed by atoms with E-state index in [-0.39, 0.29) is 17.9 Å². The van der Waals surface area contributed by atoms with E-state index in [2.05, 4.69) is 31.9 Å². The maximum absolute atomic E-state index is 15.4. The van der Waals surface area contributed by atoms with Gasteiger partial charge in [-0.2, -0.15) is 0 Å². The number of benzene rings is 5. The number of hydrogen-bond acceptors (Lipinski definition) is 9. The normalized spacial score (nSPS) is 18.1. The van der Waals surface area contributed by atoms with Crippen LogP contribution in [0.2, 0.25) is 0 Å². The lowest BCUT2D eigenvalue weighted by molar-refractivity contribution is 0.0502. The first-order valence-electron chi connectivity index (χ1n) is 22.8. The van der Waals surface area contributed by atoms with E-state index >= 15 is 9.59 Å². The Kier molecular flexibility index (Phi) is 8.23. The fourth-order valence-corrected chi connectivity index (χ4v) is 11.7. The molecule has 1 aliphatic carbocycles. The van der Waals surface area contributed by atoms with Gasteiger partial charge in [-0.1, -0.05) is 43.5 Å². The molecule has 0 bridgehead atoms. The number of aromatic nitrogens is 3. The molecule has 3 fully saturated rings. The fourth-order valence-electron chi connectivity index (χ4n) is 11.7. The Balaban J connectivity index is 1.09. The van der Waals surface area contributed by atoms with Gasteiger partial charge in [0.25, 0.3) is 23.6 Å². The lowest BCUT2D eigenvalue weighted by Crippen LogP contribution is -2.47. The Morgan fingerprint density at radius 1 is 0.438 bits per heavy atom. The van der Waals surface area contributed by atoms with Crippen LogP contribution in [0.1, 0.15) is 99.2 Å². The SMILES string of the molecule is O=C1c2ccc3c4c(N5CCCC5)cc5c6c(ccc(c7c(N8CCCC8)cc(c2c37)C(=O)N1c1cc(-c2ccccn2)nc(-c2ccccn2)c1)c64)C(=O)N(C1CCCCC1)C5=O. The topological polar surface area (TPSA) is 120 Å². The molecule has 314 valence electrons. The first-order chi connectivity index (χ1) is 31.4. The van der Waals surface area contributed by atoms with Gasteiger partial charge in [0, 0.05) is 99.4 Å². The zero-order valence-electron chi connectivity index (χ0n) is 35.3. The minimum absolute atomic E-state index is 0.108. The number of pyridine rings is 3. The predicted octanol–water partition coefficient (Wildman–Crippen LogP) is 10.2. The van der Waals surface area contributed by atoms with Crippen LogP contribution in [-0.2, 0) is 0 Å². The largest absolute Gasteiger partial charge is 0.371 e. The lowest BCUT2D eigenvalue weighted by atomic mass is 9.80. The second-order valence-corrected chi connectivity index (χ2v) is 18.1. The number of carbonyl (C=O) groups excluding carboxylic acids is 4. The van der Waals surface area contributed by atoms with Crippen LogP contribution < -0.4 is 14.7 Å². The molecular formula is C53H43N7O4. The maximum atomic E-state index is 15.4. The van der Waals surface area contributed by atoms with Gasteiger partial charge in [-0.05, 0) is 110 Å². The number of imide groups is 2. The van der Waals surface area contributed by atoms with Crippen LogP contribution in [0.25, 0.3) is 65.9 Å². The zero-order chi connectivity index (χ0) is 42.8. The number of anilines is 3. The van der Waals surface area contributed by atoms with Crippen LogP contribution in [-0.4, -0.2) is 75.7 Å². The quantitative estimate of drug-likeness (QED) is 0.0915. The van der Waals surface area contributed by atoms with Crippen molar-refractivity contribution in [1.29, 1.82) is 0 Å². The molecule has 13 rings (SSSR count). The van der Waals surface area contributed by atoms with Crippen LogP contribution in [0, 0.1) is 0 Å². The second kappa shape index (κ2) is 14.1. The van der Waals surface area contributed by atoms with E-state index in [1.165, 1.54) is 4.90 Å². The molecule has 0 spiro atoms. The molecule has 11 nitrogen and oxygen atoms in total. The molecule has 5 aliphatic rings. The van der Waals surface area contributed by atoms with Gasteiger partial charge in [-0.3, -0.25) is 34.0 Å². The number of nitrogens with zero attached hydrogens (tertiary/aromatic N) is 7. The molecule has 4 aliphatic heterocycles. The molecule has 0 unspecified atom stereocenters. The third kappa shape index (κ3) is 5.30. The first-order valence-corrected chi connectivity index (χ1v) is 22.8. The minimum atomic E-state index is -0.427. The Hall–Kier alpha value is -7.27. The highest BCUT2D eigenvalue weighted by atomic mass is 16.2. The summed E-state index contributed by atoms with van der Waals surface area (Å²) in [6.45, 7) is 3.32. The smallest absolute Gasteiger partial charge is 0.266 e. The number of hydrogen-bond donors (Lipinski definition) is 0. The van der Waals surface area contributed by atoms with E-state index in [1.54, 1.807) is 29.4 Å². The van der Waals surface area contributed by atoms with Crippen molar-refractivity contribution in [2.24, 2.45) is 0 Å². The van der Waals surface area contributed by atoms with Gasteiger partial charge < -0.3 is 9.80 Å². The Morgan fingerprint density at radius 3 is 1.44 bits per heavy atom. The van der Waals surface area contributed by atoms with Gasteiger partial charge in [0.2, 0.25) is 0 Å². The fraction of sp³-hybridized carbons (Fsp3) is 0.264. The van der Waals surface area contributed by atoms with E-state index in [4.69, 9.17) is 4.98 Å². The number of rotatable bonds is 6. The maximum Gasteiger partial charge on any atom is 0.266 e. The van der Waals surface area contributed by atoms with E-state index in [9.17, 15) is 9.59 Å². The van der Waals surface area contributed by atoms with Crippen molar-refractivity contribution in [2.45, 2.75) is 63.8 Å². The van der Waals surface area contributed by atoms with Crippen LogP contribution in [0.15, 0.2) is 97.3 Å². The molecule has 64 heavy (non-hydrogen) atoms. The van der Waals surface area contributed by atoms with Gasteiger partial charge in [-0.15, -0.1) is 0 Å². The van der Waals surface area contributed by atoms with Gasteiger partial charge in [0.1, 0.15) is 0 Å². The average Bonchev–Trinajstić information content (AvgIpc) is 4.09. The highest BCUT2D eigenvalue weighted by Crippen LogP contribution is 2.53. The van der Waals surface area contributed by atoms with E-state index in [1.807, 2.05) is 60.7 Å². The summed E-state index contributed by atoms with van der Waals surface area (Å²) in [4.78, 5) is 81.9. The van der Waals surface area contributed by atoms with Crippen molar-refractivity contribution in [3.05, 3.63) is 120 Å². The minimum Gasteiger partial charge on any atom is -0.371 e. The monoisotopic (exact) mass is 841 g/mol. The predicted molar refractivity (Wildman–Crippen MR) is 250 cm³/mol. The van der Waals surface area contributed by atoms with Gasteiger partial charge >= 0.3 is 0 Å². The van der Waals surface area contributed by atoms with Crippen molar-refractivity contribution >= 4 is 83.8 Å². The summed E-state index contributed by atoms with van der Waals surface area (Å²) in [5.74, 6) is -1.25. The molecule has 4 amide bonds. The summed E-state index contributed by atoms with van der Waals surface area (Å²) >= 11 is 0. The van der Waals surface area contributed by atoms with Crippen molar-refractivity contribution in [2.75, 3.05) is 40.9 Å². The first kappa shape index (κ1) is 37.3. The van der Waals surface area contributed by atoms with Crippen molar-refractivity contribution < 1.29 is 19.2 Å². The average molecular weight is 842 g/mol. The number of amides is 4. The van der Waals surface area contributed by atoms with E-state index < -0.39 is 11.8 Å². The third-order valence-electron chi connectivity index (χ3n) is 14.6. The summed E-state index contributed by atoms with van der Waals surface area (Å²) < 4.78 is 0. The Morgan fingerprint density at radius 2 is 0.922 bits per heavy atom. The molecule has 0 radical (unpaired) electrons. The summed E-state index contributed by atoms with van der Waals surface area (Å²) in [5, 5.41) is 6.88. The van der Waals surface area contributed by atoms with Crippen molar-refractivity contribution in [1.82, 2.24) is 19.9 Å². The van der Waals surface area contributed by atoms with Gasteiger partial charge in [0.15, 0.2) is 0 Å². The van der Waals surface area contributed by atoms with Crippen molar-refractivity contribution in [3.63, 3.8) is 0 Å². The zero-order valence-corrected chi connectivity index (χ0v) is 35.3. The third-order valence-corrected chi connectivity index (χ3v) is 14.6. The standard InChI is InChI=1S/C53H43N7O4/c61-50-34-18-16-32-47-43(58-24-10-11-25-58)29-37-45-35(51(62)60(53(37)64)31-26-40(38-14-4-6-20-54-38)56-41(27-31)39-15-5-7-21-55-39)19-17-33(49(45)47)46-42(57-22-8-9-23-57)28-36(44(34)48(32)46)52(63)59(50)30-12-2-1-3-13-30/h4-7,14-21,26-30H,1-3,8-13,22-25H2. The molecule has 0 atom stereocenters. The van der Waals surface area contributed by atoms with Crippen LogP contribution in [0.3, 0.4) is 0 Å². The molecule has 0 N–H and O–H groups in total. The summed E-state index contributed by atoms with van der Waals surface area (Å²) in [6, 6.07) is 26.5. The van der Waals surface area contributed by atoms with Crippen molar-refractivity contribution in [3.8, 4) is 22.8 Å². The summed E-state index contributed by atoms with van der Waals surface area (Å²) in [5.41, 5.74) is 6.55. The molecule has 8 aromatic rings.